The molecule has 6 heteroatoms. The fraction of sp³-hybridized carbons (Fsp3) is 0.562. The van der Waals surface area contributed by atoms with Crippen LogP contribution in [0.3, 0.4) is 0 Å². The highest BCUT2D eigenvalue weighted by Gasteiger charge is 2.17. The Morgan fingerprint density at radius 2 is 2.05 bits per heavy atom. The Morgan fingerprint density at radius 3 is 2.59 bits per heavy atom. The van der Waals surface area contributed by atoms with Crippen molar-refractivity contribution in [2.45, 2.75) is 45.1 Å². The molecule has 0 bridgehead atoms. The van der Waals surface area contributed by atoms with Crippen LogP contribution in [0.5, 0.6) is 5.75 Å². The molecule has 1 aliphatic rings. The van der Waals surface area contributed by atoms with E-state index in [1.807, 2.05) is 13.0 Å². The van der Waals surface area contributed by atoms with Gasteiger partial charge in [0.05, 0.1) is 35.5 Å². The number of nitrogens with two attached hydrogens (primary N) is 2. The summed E-state index contributed by atoms with van der Waals surface area (Å²) in [6.45, 7) is 1.67. The van der Waals surface area contributed by atoms with Gasteiger partial charge in [0.15, 0.2) is 0 Å². The summed E-state index contributed by atoms with van der Waals surface area (Å²) in [5, 5.41) is 10.7. The highest BCUT2D eigenvalue weighted by molar-refractivity contribution is 5.63. The minimum Gasteiger partial charge on any atom is -0.489 e. The Bertz CT molecular complexity index is 537. The molecule has 0 aliphatic heterocycles. The van der Waals surface area contributed by atoms with Crippen molar-refractivity contribution < 1.29 is 9.84 Å². The van der Waals surface area contributed by atoms with E-state index in [1.165, 1.54) is 24.3 Å². The van der Waals surface area contributed by atoms with Crippen molar-refractivity contribution in [1.29, 1.82) is 0 Å². The lowest BCUT2D eigenvalue weighted by atomic mass is 9.98. The monoisotopic (exact) mass is 306 g/mol. The number of rotatable bonds is 5. The molecule has 0 aromatic carbocycles. The number of hydrogen-bond donors (Lipinski definition) is 3. The van der Waals surface area contributed by atoms with Crippen molar-refractivity contribution in [2.75, 3.05) is 13.7 Å². The smallest absolute Gasteiger partial charge is 0.140 e. The molecular formula is C16H26N4O2. The standard InChI is InChI=1S/C16H26N4O2/c1-11-15(22-12-6-4-3-5-7-12)9-8-13(19-11)16(17)14(10-21)20(2)18/h8-9,12,21H,3-7,10,17-18H2,1-2H3/b16-14-. The highest BCUT2D eigenvalue weighted by atomic mass is 16.5. The predicted molar refractivity (Wildman–Crippen MR) is 86.6 cm³/mol. The third kappa shape index (κ3) is 3.90. The molecule has 2 rings (SSSR count). The van der Waals surface area contributed by atoms with Crippen LogP contribution in [-0.2, 0) is 0 Å². The first kappa shape index (κ1) is 16.6. The van der Waals surface area contributed by atoms with E-state index in [2.05, 4.69) is 4.98 Å². The van der Waals surface area contributed by atoms with Crippen LogP contribution in [0.15, 0.2) is 17.8 Å². The van der Waals surface area contributed by atoms with Gasteiger partial charge in [0.2, 0.25) is 0 Å². The van der Waals surface area contributed by atoms with Crippen LogP contribution < -0.4 is 16.3 Å². The molecule has 1 aromatic heterocycles. The number of aryl methyl sites for hydroxylation is 1. The number of aromatic nitrogens is 1. The maximum Gasteiger partial charge on any atom is 0.140 e. The van der Waals surface area contributed by atoms with Crippen LogP contribution in [0.25, 0.3) is 5.70 Å². The summed E-state index contributed by atoms with van der Waals surface area (Å²) in [5.41, 5.74) is 8.25. The lowest BCUT2D eigenvalue weighted by Gasteiger charge is -2.24. The molecular weight excluding hydrogens is 280 g/mol. The van der Waals surface area contributed by atoms with Crippen LogP contribution in [-0.4, -0.2) is 34.9 Å². The van der Waals surface area contributed by atoms with Gasteiger partial charge >= 0.3 is 0 Å². The Kier molecular flexibility index (Phi) is 5.63. The molecule has 1 fully saturated rings. The second kappa shape index (κ2) is 7.47. The third-order valence-corrected chi connectivity index (χ3v) is 4.05. The molecule has 1 heterocycles. The molecule has 22 heavy (non-hydrogen) atoms. The van der Waals surface area contributed by atoms with Crippen molar-refractivity contribution in [3.8, 4) is 5.75 Å². The van der Waals surface area contributed by atoms with Crippen molar-refractivity contribution in [2.24, 2.45) is 11.6 Å². The summed E-state index contributed by atoms with van der Waals surface area (Å²) in [6.07, 6.45) is 6.26. The second-order valence-corrected chi connectivity index (χ2v) is 5.79. The maximum atomic E-state index is 9.36. The van der Waals surface area contributed by atoms with Gasteiger partial charge in [-0.25, -0.2) is 10.8 Å². The lowest BCUT2D eigenvalue weighted by Crippen LogP contribution is -2.29. The lowest BCUT2D eigenvalue weighted by molar-refractivity contribution is 0.153. The molecule has 0 amide bonds. The van der Waals surface area contributed by atoms with Gasteiger partial charge in [-0.2, -0.15) is 0 Å². The number of hydrazine groups is 1. The quantitative estimate of drug-likeness (QED) is 0.564. The van der Waals surface area contributed by atoms with Gasteiger partial charge in [0.25, 0.3) is 0 Å². The Labute approximate surface area is 131 Å². The summed E-state index contributed by atoms with van der Waals surface area (Å²) in [4.78, 5) is 4.49. The first-order chi connectivity index (χ1) is 10.5. The molecule has 1 saturated carbocycles. The van der Waals surface area contributed by atoms with E-state index in [4.69, 9.17) is 16.3 Å². The Morgan fingerprint density at radius 1 is 1.36 bits per heavy atom. The highest BCUT2D eigenvalue weighted by Crippen LogP contribution is 2.26. The third-order valence-electron chi connectivity index (χ3n) is 4.05. The van der Waals surface area contributed by atoms with E-state index < -0.39 is 0 Å². The summed E-state index contributed by atoms with van der Waals surface area (Å²) in [5.74, 6) is 6.46. The van der Waals surface area contributed by atoms with Gasteiger partial charge in [-0.3, -0.25) is 0 Å². The Balaban J connectivity index is 2.18. The number of ether oxygens (including phenoxy) is 1. The van der Waals surface area contributed by atoms with Gasteiger partial charge in [-0.15, -0.1) is 0 Å². The summed E-state index contributed by atoms with van der Waals surface area (Å²) < 4.78 is 6.05. The molecule has 6 nitrogen and oxygen atoms in total. The first-order valence-corrected chi connectivity index (χ1v) is 7.75. The predicted octanol–water partition coefficient (Wildman–Crippen LogP) is 1.53. The number of aliphatic hydroxyl groups excluding tert-OH is 1. The van der Waals surface area contributed by atoms with Gasteiger partial charge in [0.1, 0.15) is 5.75 Å². The van der Waals surface area contributed by atoms with E-state index in [-0.39, 0.29) is 12.7 Å². The summed E-state index contributed by atoms with van der Waals surface area (Å²) >= 11 is 0. The molecule has 0 saturated heterocycles. The molecule has 1 aromatic rings. The second-order valence-electron chi connectivity index (χ2n) is 5.79. The number of aliphatic hydroxyl groups is 1. The van der Waals surface area contributed by atoms with E-state index in [1.54, 1.807) is 13.1 Å². The van der Waals surface area contributed by atoms with Crippen molar-refractivity contribution in [3.05, 3.63) is 29.2 Å². The topological polar surface area (TPSA) is 97.6 Å². The van der Waals surface area contributed by atoms with Crippen LogP contribution >= 0.6 is 0 Å². The number of nitrogens with zero attached hydrogens (tertiary/aromatic N) is 2. The molecule has 0 radical (unpaired) electrons. The molecule has 0 spiro atoms. The van der Waals surface area contributed by atoms with E-state index in [0.29, 0.717) is 17.1 Å². The average molecular weight is 306 g/mol. The fourth-order valence-corrected chi connectivity index (χ4v) is 2.72. The van der Waals surface area contributed by atoms with Crippen molar-refractivity contribution in [3.63, 3.8) is 0 Å². The molecule has 1 aliphatic carbocycles. The van der Waals surface area contributed by atoms with Crippen molar-refractivity contribution in [1.82, 2.24) is 9.99 Å². The molecule has 5 N–H and O–H groups in total. The van der Waals surface area contributed by atoms with Crippen LogP contribution in [0.2, 0.25) is 0 Å². The molecule has 122 valence electrons. The number of pyridine rings is 1. The fourth-order valence-electron chi connectivity index (χ4n) is 2.72. The zero-order valence-corrected chi connectivity index (χ0v) is 13.4. The van der Waals surface area contributed by atoms with Crippen LogP contribution in [0.1, 0.15) is 43.5 Å². The Hall–Kier alpha value is -1.79. The normalized spacial score (nSPS) is 17.1. The van der Waals surface area contributed by atoms with E-state index in [0.717, 1.165) is 24.3 Å². The zero-order valence-electron chi connectivity index (χ0n) is 13.4. The van der Waals surface area contributed by atoms with E-state index in [9.17, 15) is 5.11 Å². The molecule has 0 unspecified atom stereocenters. The van der Waals surface area contributed by atoms with Gasteiger partial charge < -0.3 is 20.6 Å². The van der Waals surface area contributed by atoms with Crippen LogP contribution in [0.4, 0.5) is 0 Å². The first-order valence-electron chi connectivity index (χ1n) is 7.75. The average Bonchev–Trinajstić information content (AvgIpc) is 2.50. The van der Waals surface area contributed by atoms with Gasteiger partial charge in [0, 0.05) is 7.05 Å². The number of hydrogen-bond acceptors (Lipinski definition) is 6. The number of likely N-dealkylation sites (N-methyl/N-ethyl adjacent to an activating group) is 1. The zero-order chi connectivity index (χ0) is 16.1. The minimum absolute atomic E-state index is 0.236. The summed E-state index contributed by atoms with van der Waals surface area (Å²) in [7, 11) is 1.63. The molecule has 0 atom stereocenters. The van der Waals surface area contributed by atoms with Crippen LogP contribution in [0, 0.1) is 6.92 Å². The minimum atomic E-state index is -0.236. The van der Waals surface area contributed by atoms with Crippen molar-refractivity contribution >= 4 is 5.70 Å². The largest absolute Gasteiger partial charge is 0.489 e. The van der Waals surface area contributed by atoms with Gasteiger partial charge in [-0.05, 0) is 44.7 Å². The van der Waals surface area contributed by atoms with Gasteiger partial charge in [-0.1, -0.05) is 6.42 Å². The van der Waals surface area contributed by atoms with E-state index >= 15 is 0 Å². The SMILES string of the molecule is Cc1nc(/C(N)=C(\CO)N(C)N)ccc1OC1CCCCC1. The maximum absolute atomic E-state index is 9.36. The summed E-state index contributed by atoms with van der Waals surface area (Å²) in [6, 6.07) is 3.70.